The number of unbranched alkanes of at least 4 members (excludes halogenated alkanes) is 4. The minimum absolute atomic E-state index is 0. The average Bonchev–Trinajstić information content (AvgIpc) is 2.42. The molecule has 0 bridgehead atoms. The zero-order valence-corrected chi connectivity index (χ0v) is 12.4. The molecule has 0 aliphatic carbocycles. The van der Waals surface area contributed by atoms with Crippen molar-refractivity contribution >= 4 is 5.97 Å². The maximum atomic E-state index is 11.7. The Labute approximate surface area is 121 Å². The number of carbonyl (C=O) groups excluding carboxylic acids is 1. The van der Waals surface area contributed by atoms with E-state index in [0.717, 1.165) is 18.4 Å². The Kier molecular flexibility index (Phi) is 10.2. The predicted octanol–water partition coefficient (Wildman–Crippen LogP) is -0.513. The minimum atomic E-state index is -0.415. The highest BCUT2D eigenvalue weighted by Gasteiger charge is 2.20. The number of benzene rings is 1. The Balaban J connectivity index is 0.00000324. The van der Waals surface area contributed by atoms with Crippen LogP contribution in [0.15, 0.2) is 30.3 Å². The van der Waals surface area contributed by atoms with Crippen molar-refractivity contribution in [3.8, 4) is 0 Å². The van der Waals surface area contributed by atoms with Gasteiger partial charge < -0.3 is 22.9 Å². The standard InChI is InChI=1S/C15H23NO2.ClH/c1-2-3-4-5-9-12-18-15(17)14(16)13-10-7-6-8-11-13;/h6-8,10-11,14H,2-5,9,12,16H2,1H3;1H. The van der Waals surface area contributed by atoms with Crippen LogP contribution < -0.4 is 18.1 Å². The number of halogens is 1. The summed E-state index contributed by atoms with van der Waals surface area (Å²) in [5.74, 6) is -0.225. The Hall–Kier alpha value is -1.06. The van der Waals surface area contributed by atoms with E-state index in [0.29, 0.717) is 6.61 Å². The quantitative estimate of drug-likeness (QED) is 0.517. The summed E-state index contributed by atoms with van der Waals surface area (Å²) >= 11 is 0. The van der Waals surface area contributed by atoms with Gasteiger partial charge in [-0.05, 0) is 6.42 Å². The zero-order chi connectivity index (χ0) is 13.2. The summed E-state index contributed by atoms with van der Waals surface area (Å²) in [5.41, 5.74) is 4.77. The van der Waals surface area contributed by atoms with Gasteiger partial charge in [-0.3, -0.25) is 0 Å². The first-order chi connectivity index (χ1) is 8.75. The van der Waals surface area contributed by atoms with Gasteiger partial charge >= 0.3 is 5.97 Å². The lowest BCUT2D eigenvalue weighted by Crippen LogP contribution is -3.00. The first-order valence-corrected chi connectivity index (χ1v) is 6.80. The van der Waals surface area contributed by atoms with E-state index in [2.05, 4.69) is 12.7 Å². The van der Waals surface area contributed by atoms with E-state index in [1.807, 2.05) is 30.3 Å². The molecule has 0 aliphatic heterocycles. The van der Waals surface area contributed by atoms with Crippen LogP contribution >= 0.6 is 0 Å². The highest BCUT2D eigenvalue weighted by Crippen LogP contribution is 2.10. The number of hydrogen-bond acceptors (Lipinski definition) is 2. The SMILES string of the molecule is CCCCCCCOC(=O)C([NH3+])c1ccccc1.[Cl-]. The second-order valence-electron chi connectivity index (χ2n) is 4.54. The van der Waals surface area contributed by atoms with E-state index in [4.69, 9.17) is 4.74 Å². The monoisotopic (exact) mass is 285 g/mol. The van der Waals surface area contributed by atoms with Crippen molar-refractivity contribution < 1.29 is 27.7 Å². The van der Waals surface area contributed by atoms with Gasteiger partial charge in [-0.25, -0.2) is 4.79 Å². The largest absolute Gasteiger partial charge is 1.00 e. The van der Waals surface area contributed by atoms with Crippen LogP contribution in [-0.2, 0) is 9.53 Å². The second-order valence-corrected chi connectivity index (χ2v) is 4.54. The van der Waals surface area contributed by atoms with Crippen LogP contribution in [-0.4, -0.2) is 12.6 Å². The fourth-order valence-electron chi connectivity index (χ4n) is 1.80. The van der Waals surface area contributed by atoms with Crippen LogP contribution in [0.3, 0.4) is 0 Å². The number of ether oxygens (including phenoxy) is 1. The maximum absolute atomic E-state index is 11.7. The molecule has 0 fully saturated rings. The summed E-state index contributed by atoms with van der Waals surface area (Å²) in [5, 5.41) is 0. The van der Waals surface area contributed by atoms with E-state index < -0.39 is 6.04 Å². The molecular formula is C15H24ClNO2. The molecule has 3 nitrogen and oxygen atoms in total. The van der Waals surface area contributed by atoms with Gasteiger partial charge in [0.05, 0.1) is 6.61 Å². The molecule has 0 spiro atoms. The molecule has 1 rings (SSSR count). The third-order valence-electron chi connectivity index (χ3n) is 2.98. The third kappa shape index (κ3) is 7.19. The van der Waals surface area contributed by atoms with Crippen molar-refractivity contribution in [2.24, 2.45) is 0 Å². The maximum Gasteiger partial charge on any atom is 0.369 e. The van der Waals surface area contributed by atoms with Crippen molar-refractivity contribution in [3.63, 3.8) is 0 Å². The van der Waals surface area contributed by atoms with Crippen molar-refractivity contribution in [1.29, 1.82) is 0 Å². The van der Waals surface area contributed by atoms with E-state index in [-0.39, 0.29) is 18.4 Å². The molecule has 0 heterocycles. The Morgan fingerprint density at radius 2 is 1.79 bits per heavy atom. The Bertz CT molecular complexity index is 343. The number of rotatable bonds is 8. The number of esters is 1. The molecular weight excluding hydrogens is 262 g/mol. The molecule has 19 heavy (non-hydrogen) atoms. The van der Waals surface area contributed by atoms with Gasteiger partial charge in [-0.1, -0.05) is 62.9 Å². The molecule has 0 radical (unpaired) electrons. The van der Waals surface area contributed by atoms with Crippen LogP contribution in [0, 0.1) is 0 Å². The normalized spacial score (nSPS) is 11.5. The van der Waals surface area contributed by atoms with Crippen LogP contribution in [0.4, 0.5) is 0 Å². The lowest BCUT2D eigenvalue weighted by Gasteiger charge is -2.09. The van der Waals surface area contributed by atoms with Gasteiger partial charge in [0, 0.05) is 5.56 Å². The van der Waals surface area contributed by atoms with Crippen molar-refractivity contribution in [3.05, 3.63) is 35.9 Å². The van der Waals surface area contributed by atoms with Crippen molar-refractivity contribution in [2.45, 2.75) is 45.1 Å². The fourth-order valence-corrected chi connectivity index (χ4v) is 1.80. The lowest BCUT2D eigenvalue weighted by atomic mass is 10.1. The first kappa shape index (κ1) is 17.9. The molecule has 0 saturated carbocycles. The number of carbonyl (C=O) groups is 1. The lowest BCUT2D eigenvalue weighted by molar-refractivity contribution is -0.414. The van der Waals surface area contributed by atoms with Crippen LogP contribution in [0.5, 0.6) is 0 Å². The van der Waals surface area contributed by atoms with E-state index in [1.165, 1.54) is 19.3 Å². The van der Waals surface area contributed by atoms with Crippen molar-refractivity contribution in [2.75, 3.05) is 6.61 Å². The van der Waals surface area contributed by atoms with Gasteiger partial charge in [0.2, 0.25) is 6.04 Å². The molecule has 1 atom stereocenters. The fraction of sp³-hybridized carbons (Fsp3) is 0.533. The van der Waals surface area contributed by atoms with Crippen LogP contribution in [0.1, 0.15) is 50.6 Å². The molecule has 0 aromatic heterocycles. The van der Waals surface area contributed by atoms with E-state index in [9.17, 15) is 4.79 Å². The second kappa shape index (κ2) is 10.8. The summed E-state index contributed by atoms with van der Waals surface area (Å²) in [4.78, 5) is 11.7. The molecule has 1 aromatic rings. The van der Waals surface area contributed by atoms with E-state index in [1.54, 1.807) is 0 Å². The molecule has 0 saturated heterocycles. The highest BCUT2D eigenvalue weighted by atomic mass is 35.5. The minimum Gasteiger partial charge on any atom is -1.00 e. The summed E-state index contributed by atoms with van der Waals surface area (Å²) < 4.78 is 5.24. The highest BCUT2D eigenvalue weighted by molar-refractivity contribution is 5.75. The summed E-state index contributed by atoms with van der Waals surface area (Å²) in [6.07, 6.45) is 5.80. The molecule has 108 valence electrons. The van der Waals surface area contributed by atoms with Crippen LogP contribution in [0.2, 0.25) is 0 Å². The molecule has 1 aromatic carbocycles. The zero-order valence-electron chi connectivity index (χ0n) is 11.6. The molecule has 0 amide bonds. The van der Waals surface area contributed by atoms with Gasteiger partial charge in [0.25, 0.3) is 0 Å². The van der Waals surface area contributed by atoms with Crippen molar-refractivity contribution in [1.82, 2.24) is 0 Å². The smallest absolute Gasteiger partial charge is 0.369 e. The molecule has 0 aliphatic rings. The Morgan fingerprint density at radius 1 is 1.16 bits per heavy atom. The topological polar surface area (TPSA) is 53.9 Å². The Morgan fingerprint density at radius 3 is 2.42 bits per heavy atom. The van der Waals surface area contributed by atoms with E-state index >= 15 is 0 Å². The first-order valence-electron chi connectivity index (χ1n) is 6.80. The van der Waals surface area contributed by atoms with Gasteiger partial charge in [-0.2, -0.15) is 0 Å². The molecule has 4 heteroatoms. The average molecular weight is 286 g/mol. The van der Waals surface area contributed by atoms with Gasteiger partial charge in [-0.15, -0.1) is 0 Å². The summed E-state index contributed by atoms with van der Waals surface area (Å²) in [6, 6.07) is 9.13. The summed E-state index contributed by atoms with van der Waals surface area (Å²) in [6.45, 7) is 2.70. The number of hydrogen-bond donors (Lipinski definition) is 1. The number of quaternary nitrogens is 1. The van der Waals surface area contributed by atoms with Gasteiger partial charge in [0.1, 0.15) is 0 Å². The summed E-state index contributed by atoms with van der Waals surface area (Å²) in [7, 11) is 0. The van der Waals surface area contributed by atoms with Gasteiger partial charge in [0.15, 0.2) is 0 Å². The molecule has 1 unspecified atom stereocenters. The van der Waals surface area contributed by atoms with Crippen LogP contribution in [0.25, 0.3) is 0 Å². The predicted molar refractivity (Wildman–Crippen MR) is 71.8 cm³/mol. The third-order valence-corrected chi connectivity index (χ3v) is 2.98. The molecule has 3 N–H and O–H groups in total.